The van der Waals surface area contributed by atoms with Crippen LogP contribution in [0.25, 0.3) is 0 Å². The smallest absolute Gasteiger partial charge is 0.416 e. The highest BCUT2D eigenvalue weighted by Gasteiger charge is 2.33. The van der Waals surface area contributed by atoms with E-state index in [1.54, 1.807) is 17.0 Å². The van der Waals surface area contributed by atoms with E-state index < -0.39 is 29.5 Å². The topological polar surface area (TPSA) is 76.6 Å². The molecule has 2 heterocycles. The van der Waals surface area contributed by atoms with E-state index in [2.05, 4.69) is 4.98 Å². The highest BCUT2D eigenvalue weighted by Crippen LogP contribution is 2.32. The van der Waals surface area contributed by atoms with Crippen LogP contribution in [0.5, 0.6) is 0 Å². The van der Waals surface area contributed by atoms with Gasteiger partial charge in [0, 0.05) is 43.4 Å². The van der Waals surface area contributed by atoms with Gasteiger partial charge in [0.25, 0.3) is 0 Å². The summed E-state index contributed by atoms with van der Waals surface area (Å²) in [6.45, 7) is 0.881. The van der Waals surface area contributed by atoms with Crippen LogP contribution in [-0.4, -0.2) is 40.6 Å². The van der Waals surface area contributed by atoms with Crippen molar-refractivity contribution in [2.75, 3.05) is 13.1 Å². The van der Waals surface area contributed by atoms with Crippen molar-refractivity contribution in [3.8, 4) is 0 Å². The third-order valence-electron chi connectivity index (χ3n) is 6.74. The van der Waals surface area contributed by atoms with Gasteiger partial charge < -0.3 is 9.64 Å². The highest BCUT2D eigenvalue weighted by atomic mass is 19.4. The Kier molecular flexibility index (Phi) is 8.55. The number of pyridine rings is 1. The molecule has 0 aliphatic carbocycles. The summed E-state index contributed by atoms with van der Waals surface area (Å²) >= 11 is 0. The fourth-order valence-electron chi connectivity index (χ4n) is 4.54. The highest BCUT2D eigenvalue weighted by molar-refractivity contribution is 6.03. The van der Waals surface area contributed by atoms with Crippen LogP contribution in [0.4, 0.5) is 18.0 Å². The van der Waals surface area contributed by atoms with E-state index in [9.17, 15) is 27.6 Å². The molecule has 3 aromatic rings. The zero-order chi connectivity index (χ0) is 27.1. The molecular weight excluding hydrogens is 497 g/mol. The van der Waals surface area contributed by atoms with Gasteiger partial charge >= 0.3 is 12.3 Å². The number of hydrogen-bond acceptors (Lipinski definition) is 5. The van der Waals surface area contributed by atoms with Gasteiger partial charge in [0.1, 0.15) is 12.4 Å². The zero-order valence-corrected chi connectivity index (χ0v) is 20.6. The molecule has 38 heavy (non-hydrogen) atoms. The molecule has 0 radical (unpaired) electrons. The van der Waals surface area contributed by atoms with Gasteiger partial charge in [-0.1, -0.05) is 42.5 Å². The van der Waals surface area contributed by atoms with Crippen LogP contribution in [0.1, 0.15) is 52.2 Å². The van der Waals surface area contributed by atoms with Crippen molar-refractivity contribution in [1.82, 2.24) is 9.88 Å². The van der Waals surface area contributed by atoms with Gasteiger partial charge in [0.15, 0.2) is 5.78 Å². The normalized spacial score (nSPS) is 15.1. The Hall–Kier alpha value is -4.01. The first-order chi connectivity index (χ1) is 18.2. The molecule has 1 aromatic heterocycles. The lowest BCUT2D eigenvalue weighted by molar-refractivity contribution is -0.137. The number of ether oxygens (including phenoxy) is 1. The number of piperidine rings is 1. The minimum Gasteiger partial charge on any atom is -0.445 e. The number of rotatable bonds is 8. The molecule has 2 aromatic carbocycles. The van der Waals surface area contributed by atoms with Crippen LogP contribution in [0.3, 0.4) is 0 Å². The van der Waals surface area contributed by atoms with Crippen LogP contribution >= 0.6 is 0 Å². The molecule has 9 heteroatoms. The maximum absolute atomic E-state index is 13.3. The fraction of sp³-hybridized carbons (Fsp3) is 0.310. The molecule has 0 saturated carbocycles. The number of carbonyl (C=O) groups is 3. The van der Waals surface area contributed by atoms with E-state index >= 15 is 0 Å². The van der Waals surface area contributed by atoms with Crippen molar-refractivity contribution in [2.24, 2.45) is 5.92 Å². The molecule has 0 bridgehead atoms. The van der Waals surface area contributed by atoms with Crippen LogP contribution in [0.2, 0.25) is 0 Å². The summed E-state index contributed by atoms with van der Waals surface area (Å²) in [6, 6.07) is 16.6. The third-order valence-corrected chi connectivity index (χ3v) is 6.74. The molecule has 1 atom stereocenters. The Morgan fingerprint density at radius 1 is 0.921 bits per heavy atom. The molecule has 1 saturated heterocycles. The van der Waals surface area contributed by atoms with E-state index in [0.717, 1.165) is 29.8 Å². The summed E-state index contributed by atoms with van der Waals surface area (Å²) in [4.78, 5) is 44.5. The van der Waals surface area contributed by atoms with E-state index in [-0.39, 0.29) is 30.3 Å². The lowest BCUT2D eigenvalue weighted by atomic mass is 9.82. The standard InChI is InChI=1S/C29H27F3N2O4/c30-29(31,32)24-8-6-23(7-9-24)27(36)25(21-10-14-33-15-11-21)18-26(35)22-12-16-34(17-13-22)28(37)38-19-20-4-2-1-3-5-20/h1-11,14-15,22,25H,12-13,16-19H2. The van der Waals surface area contributed by atoms with E-state index in [1.807, 2.05) is 30.3 Å². The monoisotopic (exact) mass is 524 g/mol. The number of aromatic nitrogens is 1. The first-order valence-corrected chi connectivity index (χ1v) is 12.3. The Labute approximate surface area is 218 Å². The number of ketones is 2. The number of Topliss-reactive ketones (excluding diaryl/α,β-unsaturated/α-hetero) is 2. The van der Waals surface area contributed by atoms with Crippen molar-refractivity contribution in [3.63, 3.8) is 0 Å². The average molecular weight is 525 g/mol. The van der Waals surface area contributed by atoms with Gasteiger partial charge in [-0.3, -0.25) is 14.6 Å². The number of halogens is 3. The quantitative estimate of drug-likeness (QED) is 0.334. The van der Waals surface area contributed by atoms with Gasteiger partial charge in [-0.2, -0.15) is 13.2 Å². The van der Waals surface area contributed by atoms with Crippen molar-refractivity contribution in [3.05, 3.63) is 101 Å². The average Bonchev–Trinajstić information content (AvgIpc) is 2.95. The number of hydrogen-bond donors (Lipinski definition) is 0. The van der Waals surface area contributed by atoms with Crippen LogP contribution in [-0.2, 0) is 22.3 Å². The van der Waals surface area contributed by atoms with Crippen molar-refractivity contribution in [2.45, 2.75) is 38.0 Å². The number of carbonyl (C=O) groups excluding carboxylic acids is 3. The Bertz CT molecular complexity index is 1240. The summed E-state index contributed by atoms with van der Waals surface area (Å²) < 4.78 is 44.2. The lowest BCUT2D eigenvalue weighted by Gasteiger charge is -2.31. The zero-order valence-electron chi connectivity index (χ0n) is 20.6. The summed E-state index contributed by atoms with van der Waals surface area (Å²) in [5.74, 6) is -1.74. The minimum atomic E-state index is -4.51. The molecule has 1 unspecified atom stereocenters. The SMILES string of the molecule is O=C(CC(C(=O)c1ccc(C(F)(F)F)cc1)c1ccncc1)C1CCN(C(=O)OCc2ccccc2)CC1. The molecule has 1 aliphatic rings. The molecular formula is C29H27F3N2O4. The van der Waals surface area contributed by atoms with Gasteiger partial charge in [-0.15, -0.1) is 0 Å². The third kappa shape index (κ3) is 6.85. The van der Waals surface area contributed by atoms with Crippen LogP contribution in [0, 0.1) is 5.92 Å². The van der Waals surface area contributed by atoms with Crippen molar-refractivity contribution >= 4 is 17.7 Å². The second-order valence-electron chi connectivity index (χ2n) is 9.24. The molecule has 6 nitrogen and oxygen atoms in total. The molecule has 1 amide bonds. The molecule has 1 fully saturated rings. The van der Waals surface area contributed by atoms with Crippen molar-refractivity contribution < 1.29 is 32.3 Å². The summed E-state index contributed by atoms with van der Waals surface area (Å²) in [6.07, 6.45) is -1.14. The van der Waals surface area contributed by atoms with Crippen LogP contribution < -0.4 is 0 Å². The summed E-state index contributed by atoms with van der Waals surface area (Å²) in [5.41, 5.74) is 0.703. The van der Waals surface area contributed by atoms with E-state index in [0.29, 0.717) is 31.5 Å². The summed E-state index contributed by atoms with van der Waals surface area (Å²) in [5, 5.41) is 0. The van der Waals surface area contributed by atoms with Crippen molar-refractivity contribution in [1.29, 1.82) is 0 Å². The van der Waals surface area contributed by atoms with Gasteiger partial charge in [0.05, 0.1) is 11.5 Å². The molecule has 4 rings (SSSR count). The first kappa shape index (κ1) is 27.0. The lowest BCUT2D eigenvalue weighted by Crippen LogP contribution is -2.40. The molecule has 0 spiro atoms. The Morgan fingerprint density at radius 2 is 1.55 bits per heavy atom. The fourth-order valence-corrected chi connectivity index (χ4v) is 4.54. The second-order valence-corrected chi connectivity index (χ2v) is 9.24. The van der Waals surface area contributed by atoms with E-state index in [1.165, 1.54) is 12.4 Å². The van der Waals surface area contributed by atoms with Gasteiger partial charge in [-0.05, 0) is 48.2 Å². The second kappa shape index (κ2) is 12.0. The van der Waals surface area contributed by atoms with Gasteiger partial charge in [-0.25, -0.2) is 4.79 Å². The predicted molar refractivity (Wildman–Crippen MR) is 133 cm³/mol. The molecule has 1 aliphatic heterocycles. The maximum Gasteiger partial charge on any atom is 0.416 e. The Morgan fingerprint density at radius 3 is 2.16 bits per heavy atom. The van der Waals surface area contributed by atoms with Gasteiger partial charge in [0.2, 0.25) is 0 Å². The number of likely N-dealkylation sites (tertiary alicyclic amines) is 1. The van der Waals surface area contributed by atoms with Crippen LogP contribution in [0.15, 0.2) is 79.1 Å². The largest absolute Gasteiger partial charge is 0.445 e. The Balaban J connectivity index is 1.38. The summed E-state index contributed by atoms with van der Waals surface area (Å²) in [7, 11) is 0. The number of amides is 1. The first-order valence-electron chi connectivity index (χ1n) is 12.3. The molecule has 198 valence electrons. The molecule has 0 N–H and O–H groups in total. The predicted octanol–water partition coefficient (Wildman–Crippen LogP) is 6.07. The number of nitrogens with zero attached hydrogens (tertiary/aromatic N) is 2. The number of alkyl halides is 3. The maximum atomic E-state index is 13.3. The minimum absolute atomic E-state index is 0.0903. The van der Waals surface area contributed by atoms with E-state index in [4.69, 9.17) is 4.74 Å². The number of benzene rings is 2.